The Morgan fingerprint density at radius 1 is 1.16 bits per heavy atom. The molecule has 0 amide bonds. The number of nitrogens with one attached hydrogen (secondary N) is 1. The molecule has 0 aliphatic carbocycles. The number of hydrogen-bond acceptors (Lipinski definition) is 7. The highest BCUT2D eigenvalue weighted by atomic mass is 19.4. The molecule has 0 bridgehead atoms. The predicted octanol–water partition coefficient (Wildman–Crippen LogP) is 5.01. The summed E-state index contributed by atoms with van der Waals surface area (Å²) >= 11 is 0. The van der Waals surface area contributed by atoms with E-state index in [1.165, 1.54) is 0 Å². The molecule has 1 unspecified atom stereocenters. The van der Waals surface area contributed by atoms with Gasteiger partial charge in [-0.3, -0.25) is 0 Å². The highest BCUT2D eigenvalue weighted by Crippen LogP contribution is 2.36. The molecule has 0 aliphatic rings. The number of aromatic nitrogens is 3. The minimum absolute atomic E-state index is 0.139. The molecule has 3 aromatic rings. The van der Waals surface area contributed by atoms with Crippen LogP contribution in [0.4, 0.5) is 19.2 Å². The van der Waals surface area contributed by atoms with Gasteiger partial charge in [-0.15, -0.1) is 5.10 Å². The van der Waals surface area contributed by atoms with Crippen molar-refractivity contribution >= 4 is 16.9 Å². The predicted molar refractivity (Wildman–Crippen MR) is 115 cm³/mol. The van der Waals surface area contributed by atoms with Gasteiger partial charge < -0.3 is 19.6 Å². The van der Waals surface area contributed by atoms with Gasteiger partial charge in [-0.05, 0) is 55.0 Å². The molecule has 0 spiro atoms. The first-order valence-corrected chi connectivity index (χ1v) is 10.2. The molecule has 32 heavy (non-hydrogen) atoms. The normalized spacial score (nSPS) is 13.4. The molecule has 0 fully saturated rings. The summed E-state index contributed by atoms with van der Waals surface area (Å²) in [4.78, 5) is 4.70. The Kier molecular flexibility index (Phi) is 6.64. The second kappa shape index (κ2) is 8.93. The van der Waals surface area contributed by atoms with Gasteiger partial charge in [0.2, 0.25) is 0 Å². The van der Waals surface area contributed by atoms with Crippen LogP contribution in [-0.2, 0) is 5.41 Å². The zero-order valence-corrected chi connectivity index (χ0v) is 18.7. The van der Waals surface area contributed by atoms with Crippen molar-refractivity contribution in [3.05, 3.63) is 29.3 Å². The summed E-state index contributed by atoms with van der Waals surface area (Å²) in [6.07, 6.45) is -4.35. The highest BCUT2D eigenvalue weighted by Gasteiger charge is 2.29. The summed E-state index contributed by atoms with van der Waals surface area (Å²) in [7, 11) is 0. The number of aryl methyl sites for hydroxylation is 1. The van der Waals surface area contributed by atoms with E-state index in [1.54, 1.807) is 25.1 Å². The van der Waals surface area contributed by atoms with E-state index in [0.29, 0.717) is 29.6 Å². The largest absolute Gasteiger partial charge is 0.484 e. The molecule has 1 aromatic carbocycles. The van der Waals surface area contributed by atoms with E-state index in [2.05, 4.69) is 15.5 Å². The van der Waals surface area contributed by atoms with E-state index in [9.17, 15) is 18.3 Å². The number of benzene rings is 1. The van der Waals surface area contributed by atoms with Crippen molar-refractivity contribution in [3.8, 4) is 17.3 Å². The minimum Gasteiger partial charge on any atom is -0.484 e. The number of anilines is 1. The van der Waals surface area contributed by atoms with Crippen molar-refractivity contribution in [2.45, 2.75) is 58.7 Å². The molecule has 0 aliphatic heterocycles. The van der Waals surface area contributed by atoms with Crippen molar-refractivity contribution in [2.24, 2.45) is 0 Å². The van der Waals surface area contributed by atoms with Crippen LogP contribution >= 0.6 is 0 Å². The smallest absolute Gasteiger partial charge is 0.422 e. The van der Waals surface area contributed by atoms with E-state index in [-0.39, 0.29) is 17.7 Å². The second-order valence-electron chi connectivity index (χ2n) is 8.82. The first kappa shape index (κ1) is 23.8. The zero-order chi connectivity index (χ0) is 23.7. The van der Waals surface area contributed by atoms with Crippen molar-refractivity contribution in [3.63, 3.8) is 0 Å². The van der Waals surface area contributed by atoms with Crippen molar-refractivity contribution in [2.75, 3.05) is 18.5 Å². The third-order valence-corrected chi connectivity index (χ3v) is 4.79. The molecule has 1 atom stereocenters. The van der Waals surface area contributed by atoms with E-state index >= 15 is 0 Å². The van der Waals surface area contributed by atoms with Gasteiger partial charge in [0, 0.05) is 11.9 Å². The van der Waals surface area contributed by atoms with E-state index < -0.39 is 24.3 Å². The van der Waals surface area contributed by atoms with Gasteiger partial charge in [-0.25, -0.2) is 4.98 Å². The highest BCUT2D eigenvalue weighted by molar-refractivity contribution is 5.89. The number of nitrogens with zero attached hydrogens (tertiary/aromatic N) is 3. The average molecular weight is 452 g/mol. The monoisotopic (exact) mass is 452 g/mol. The SMILES string of the molecule is Cc1cc(-c2nnc(NCCC(C)O)o2)nc2c(C(C)(C)C)cc(OCC(F)(F)F)cc12. The number of alkyl halides is 3. The first-order valence-electron chi connectivity index (χ1n) is 10.2. The standard InChI is InChI=1S/C22H27F3N4O3/c1-12-8-17(19-28-29-20(32-19)26-7-6-13(2)30)27-18-15(12)9-14(31-11-22(23,24)25)10-16(18)21(3,4)5/h8-10,13,30H,6-7,11H2,1-5H3,(H,26,29). The van der Waals surface area contributed by atoms with Crippen LogP contribution in [0.3, 0.4) is 0 Å². The summed E-state index contributed by atoms with van der Waals surface area (Å²) in [6, 6.07) is 5.13. The molecule has 10 heteroatoms. The second-order valence-corrected chi connectivity index (χ2v) is 8.82. The molecular weight excluding hydrogens is 425 g/mol. The Balaban J connectivity index is 2.00. The number of ether oxygens (including phenoxy) is 1. The summed E-state index contributed by atoms with van der Waals surface area (Å²) in [5.74, 6) is 0.353. The lowest BCUT2D eigenvalue weighted by Gasteiger charge is -2.23. The van der Waals surface area contributed by atoms with Crippen LogP contribution in [-0.4, -0.2) is 45.7 Å². The molecule has 0 saturated carbocycles. The lowest BCUT2D eigenvalue weighted by atomic mass is 9.84. The molecular formula is C22H27F3N4O3. The molecule has 0 saturated heterocycles. The lowest BCUT2D eigenvalue weighted by Crippen LogP contribution is -2.20. The van der Waals surface area contributed by atoms with Crippen LogP contribution in [0.25, 0.3) is 22.5 Å². The molecule has 3 rings (SSSR count). The maximum Gasteiger partial charge on any atom is 0.422 e. The fourth-order valence-electron chi connectivity index (χ4n) is 3.18. The molecule has 2 aromatic heterocycles. The van der Waals surface area contributed by atoms with Gasteiger partial charge in [-0.1, -0.05) is 25.9 Å². The molecule has 2 heterocycles. The Morgan fingerprint density at radius 2 is 1.88 bits per heavy atom. The number of aliphatic hydroxyl groups is 1. The van der Waals surface area contributed by atoms with Gasteiger partial charge in [0.25, 0.3) is 5.89 Å². The Hall–Kier alpha value is -2.88. The minimum atomic E-state index is -4.42. The van der Waals surface area contributed by atoms with Crippen LogP contribution in [0.2, 0.25) is 0 Å². The first-order chi connectivity index (χ1) is 14.8. The van der Waals surface area contributed by atoms with Gasteiger partial charge in [0.1, 0.15) is 11.4 Å². The van der Waals surface area contributed by atoms with Crippen LogP contribution in [0, 0.1) is 6.92 Å². The lowest BCUT2D eigenvalue weighted by molar-refractivity contribution is -0.153. The van der Waals surface area contributed by atoms with Crippen LogP contribution in [0.5, 0.6) is 5.75 Å². The number of rotatable bonds is 7. The van der Waals surface area contributed by atoms with Gasteiger partial charge in [0.05, 0.1) is 11.6 Å². The van der Waals surface area contributed by atoms with Crippen molar-refractivity contribution in [1.29, 1.82) is 0 Å². The third kappa shape index (κ3) is 5.87. The van der Waals surface area contributed by atoms with E-state index in [0.717, 1.165) is 11.1 Å². The summed E-state index contributed by atoms with van der Waals surface area (Å²) in [5, 5.41) is 21.0. The van der Waals surface area contributed by atoms with Gasteiger partial charge in [0.15, 0.2) is 6.61 Å². The zero-order valence-electron chi connectivity index (χ0n) is 18.7. The summed E-state index contributed by atoms with van der Waals surface area (Å²) in [5.41, 5.74) is 2.21. The van der Waals surface area contributed by atoms with Crippen molar-refractivity contribution < 1.29 is 27.4 Å². The number of hydrogen-bond donors (Lipinski definition) is 2. The molecule has 0 radical (unpaired) electrons. The number of halogens is 3. The Bertz CT molecular complexity index is 1090. The number of aliphatic hydroxyl groups excluding tert-OH is 1. The average Bonchev–Trinajstić information content (AvgIpc) is 3.13. The van der Waals surface area contributed by atoms with Crippen LogP contribution in [0.15, 0.2) is 22.6 Å². The summed E-state index contributed by atoms with van der Waals surface area (Å²) < 4.78 is 48.6. The van der Waals surface area contributed by atoms with Gasteiger partial charge in [-0.2, -0.15) is 13.2 Å². The Morgan fingerprint density at radius 3 is 2.50 bits per heavy atom. The van der Waals surface area contributed by atoms with E-state index in [4.69, 9.17) is 14.1 Å². The van der Waals surface area contributed by atoms with Gasteiger partial charge >= 0.3 is 12.2 Å². The maximum atomic E-state index is 12.7. The fraction of sp³-hybridized carbons (Fsp3) is 0.500. The Labute approximate surface area is 184 Å². The van der Waals surface area contributed by atoms with Crippen LogP contribution in [0.1, 0.15) is 45.2 Å². The van der Waals surface area contributed by atoms with Crippen molar-refractivity contribution in [1.82, 2.24) is 15.2 Å². The molecule has 2 N–H and O–H groups in total. The number of pyridine rings is 1. The third-order valence-electron chi connectivity index (χ3n) is 4.79. The quantitative estimate of drug-likeness (QED) is 0.520. The van der Waals surface area contributed by atoms with E-state index in [1.807, 2.05) is 27.7 Å². The summed E-state index contributed by atoms with van der Waals surface area (Å²) in [6.45, 7) is 8.50. The number of fused-ring (bicyclic) bond motifs is 1. The molecule has 174 valence electrons. The maximum absolute atomic E-state index is 12.7. The fourth-order valence-corrected chi connectivity index (χ4v) is 3.18. The topological polar surface area (TPSA) is 93.3 Å². The van der Waals surface area contributed by atoms with Crippen LogP contribution < -0.4 is 10.1 Å². The molecule has 7 nitrogen and oxygen atoms in total.